The molecule has 0 fully saturated rings. The highest BCUT2D eigenvalue weighted by Gasteiger charge is 2.16. The molecule has 0 aliphatic heterocycles. The van der Waals surface area contributed by atoms with Gasteiger partial charge in [0.05, 0.1) is 11.9 Å². The van der Waals surface area contributed by atoms with Crippen molar-refractivity contribution in [1.82, 2.24) is 9.78 Å². The van der Waals surface area contributed by atoms with E-state index in [0.717, 1.165) is 15.8 Å². The van der Waals surface area contributed by atoms with E-state index in [-0.39, 0.29) is 18.8 Å². The van der Waals surface area contributed by atoms with Gasteiger partial charge in [0.2, 0.25) is 0 Å². The van der Waals surface area contributed by atoms with Crippen LogP contribution in [0.5, 0.6) is 5.75 Å². The van der Waals surface area contributed by atoms with Crippen LogP contribution in [0.15, 0.2) is 47.3 Å². The van der Waals surface area contributed by atoms with Crippen molar-refractivity contribution in [3.05, 3.63) is 69.6 Å². The zero-order valence-electron chi connectivity index (χ0n) is 15.2. The van der Waals surface area contributed by atoms with Crippen LogP contribution in [-0.4, -0.2) is 33.5 Å². The first-order valence-electron chi connectivity index (χ1n) is 8.54. The SMILES string of the molecule is Cc1ccc(OC[C@H](O)Cn2nc(C(N)=O)c3ccccc3c2=O)c(C)c1. The van der Waals surface area contributed by atoms with Gasteiger partial charge in [0, 0.05) is 5.39 Å². The number of fused-ring (bicyclic) bond motifs is 1. The smallest absolute Gasteiger partial charge is 0.274 e. The van der Waals surface area contributed by atoms with E-state index in [1.807, 2.05) is 32.0 Å². The molecule has 0 spiro atoms. The van der Waals surface area contributed by atoms with Crippen LogP contribution >= 0.6 is 0 Å². The number of hydrogen-bond acceptors (Lipinski definition) is 5. The highest BCUT2D eigenvalue weighted by molar-refractivity contribution is 6.03. The Kier molecular flexibility index (Phi) is 5.23. The minimum Gasteiger partial charge on any atom is -0.491 e. The van der Waals surface area contributed by atoms with Gasteiger partial charge in [0.25, 0.3) is 11.5 Å². The third-order valence-corrected chi connectivity index (χ3v) is 4.25. The number of aryl methyl sites for hydroxylation is 2. The number of amides is 1. The van der Waals surface area contributed by atoms with Crippen LogP contribution < -0.4 is 16.0 Å². The average molecular weight is 367 g/mol. The number of hydrogen-bond donors (Lipinski definition) is 2. The van der Waals surface area contributed by atoms with Crippen molar-refractivity contribution in [3.63, 3.8) is 0 Å². The fourth-order valence-electron chi connectivity index (χ4n) is 2.94. The van der Waals surface area contributed by atoms with E-state index < -0.39 is 17.6 Å². The van der Waals surface area contributed by atoms with Gasteiger partial charge >= 0.3 is 0 Å². The highest BCUT2D eigenvalue weighted by Crippen LogP contribution is 2.19. The molecule has 0 saturated carbocycles. The molecule has 27 heavy (non-hydrogen) atoms. The lowest BCUT2D eigenvalue weighted by atomic mass is 10.1. The van der Waals surface area contributed by atoms with Crippen molar-refractivity contribution >= 4 is 16.7 Å². The third kappa shape index (κ3) is 3.98. The van der Waals surface area contributed by atoms with Crippen molar-refractivity contribution < 1.29 is 14.6 Å². The van der Waals surface area contributed by atoms with Gasteiger partial charge in [0.15, 0.2) is 5.69 Å². The summed E-state index contributed by atoms with van der Waals surface area (Å²) in [5.41, 5.74) is 7.06. The lowest BCUT2D eigenvalue weighted by Gasteiger charge is -2.16. The molecule has 1 amide bonds. The first-order chi connectivity index (χ1) is 12.9. The minimum atomic E-state index is -0.988. The second kappa shape index (κ2) is 7.59. The van der Waals surface area contributed by atoms with Crippen LogP contribution in [0.1, 0.15) is 21.6 Å². The maximum absolute atomic E-state index is 12.6. The molecule has 0 bridgehead atoms. The number of carbonyl (C=O) groups excluding carboxylic acids is 1. The Morgan fingerprint density at radius 3 is 2.59 bits per heavy atom. The summed E-state index contributed by atoms with van der Waals surface area (Å²) >= 11 is 0. The largest absolute Gasteiger partial charge is 0.491 e. The van der Waals surface area contributed by atoms with Crippen LogP contribution in [0, 0.1) is 13.8 Å². The van der Waals surface area contributed by atoms with Crippen LogP contribution in [0.2, 0.25) is 0 Å². The summed E-state index contributed by atoms with van der Waals surface area (Å²) < 4.78 is 6.70. The molecule has 0 aliphatic carbocycles. The van der Waals surface area contributed by atoms with Gasteiger partial charge in [-0.15, -0.1) is 0 Å². The van der Waals surface area contributed by atoms with Gasteiger partial charge in [-0.3, -0.25) is 9.59 Å². The number of aromatic nitrogens is 2. The molecular weight excluding hydrogens is 346 g/mol. The molecule has 140 valence electrons. The van der Waals surface area contributed by atoms with Gasteiger partial charge in [-0.25, -0.2) is 4.68 Å². The number of primary amides is 1. The molecule has 1 heterocycles. The van der Waals surface area contributed by atoms with E-state index in [0.29, 0.717) is 16.5 Å². The topological polar surface area (TPSA) is 107 Å². The zero-order chi connectivity index (χ0) is 19.6. The first kappa shape index (κ1) is 18.6. The molecule has 7 nitrogen and oxygen atoms in total. The van der Waals surface area contributed by atoms with Crippen LogP contribution in [0.25, 0.3) is 10.8 Å². The molecule has 3 rings (SSSR count). The second-order valence-electron chi connectivity index (χ2n) is 6.48. The number of aliphatic hydroxyl groups excluding tert-OH is 1. The Bertz CT molecular complexity index is 1060. The predicted octanol–water partition coefficient (Wildman–Crippen LogP) is 1.55. The maximum Gasteiger partial charge on any atom is 0.274 e. The molecule has 2 aromatic carbocycles. The molecule has 0 radical (unpaired) electrons. The standard InChI is InChI=1S/C20H21N3O4/c1-12-7-8-17(13(2)9-12)27-11-14(24)10-23-20(26)16-6-4-3-5-15(16)18(22-23)19(21)25/h3-9,14,24H,10-11H2,1-2H3,(H2,21,25)/t14-/m1/s1. The summed E-state index contributed by atoms with van der Waals surface area (Å²) in [6, 6.07) is 12.3. The molecule has 3 aromatic rings. The Morgan fingerprint density at radius 2 is 1.93 bits per heavy atom. The highest BCUT2D eigenvalue weighted by atomic mass is 16.5. The summed E-state index contributed by atoms with van der Waals surface area (Å²) in [5, 5.41) is 15.1. The Hall–Kier alpha value is -3.19. The summed E-state index contributed by atoms with van der Waals surface area (Å²) in [4.78, 5) is 24.3. The Labute approximate surface area is 156 Å². The van der Waals surface area contributed by atoms with Gasteiger partial charge in [-0.05, 0) is 31.5 Å². The summed E-state index contributed by atoms with van der Waals surface area (Å²) in [5.74, 6) is -0.0720. The minimum absolute atomic E-state index is 0.00676. The molecule has 7 heteroatoms. The van der Waals surface area contributed by atoms with Gasteiger partial charge in [-0.2, -0.15) is 5.10 Å². The average Bonchev–Trinajstić information content (AvgIpc) is 2.63. The van der Waals surface area contributed by atoms with Crippen molar-refractivity contribution in [2.45, 2.75) is 26.5 Å². The molecular formula is C20H21N3O4. The Balaban J connectivity index is 1.82. The van der Waals surface area contributed by atoms with E-state index in [1.165, 1.54) is 0 Å². The monoisotopic (exact) mass is 367 g/mol. The fraction of sp³-hybridized carbons (Fsp3) is 0.250. The van der Waals surface area contributed by atoms with E-state index in [9.17, 15) is 14.7 Å². The predicted molar refractivity (Wildman–Crippen MR) is 102 cm³/mol. The van der Waals surface area contributed by atoms with E-state index in [4.69, 9.17) is 10.5 Å². The molecule has 0 saturated heterocycles. The summed E-state index contributed by atoms with van der Waals surface area (Å²) in [6.07, 6.45) is -0.988. The number of benzene rings is 2. The fourth-order valence-corrected chi connectivity index (χ4v) is 2.94. The summed E-state index contributed by atoms with van der Waals surface area (Å²) in [6.45, 7) is 3.77. The van der Waals surface area contributed by atoms with Gasteiger partial charge in [0.1, 0.15) is 18.5 Å². The van der Waals surface area contributed by atoms with Gasteiger partial charge < -0.3 is 15.6 Å². The molecule has 1 aromatic heterocycles. The number of nitrogens with two attached hydrogens (primary N) is 1. The van der Waals surface area contributed by atoms with E-state index in [1.54, 1.807) is 24.3 Å². The Morgan fingerprint density at radius 1 is 1.22 bits per heavy atom. The number of nitrogens with zero attached hydrogens (tertiary/aromatic N) is 2. The van der Waals surface area contributed by atoms with E-state index in [2.05, 4.69) is 5.10 Å². The molecule has 0 aliphatic rings. The first-order valence-corrected chi connectivity index (χ1v) is 8.54. The van der Waals surface area contributed by atoms with E-state index >= 15 is 0 Å². The number of rotatable bonds is 6. The van der Waals surface area contributed by atoms with Crippen LogP contribution in [0.3, 0.4) is 0 Å². The van der Waals surface area contributed by atoms with Crippen LogP contribution in [0.4, 0.5) is 0 Å². The van der Waals surface area contributed by atoms with Crippen molar-refractivity contribution in [2.75, 3.05) is 6.61 Å². The van der Waals surface area contributed by atoms with Gasteiger partial charge in [-0.1, -0.05) is 35.9 Å². The lowest BCUT2D eigenvalue weighted by molar-refractivity contribution is 0.0868. The molecule has 3 N–H and O–H groups in total. The maximum atomic E-state index is 12.6. The quantitative estimate of drug-likeness (QED) is 0.687. The summed E-state index contributed by atoms with van der Waals surface area (Å²) in [7, 11) is 0. The third-order valence-electron chi connectivity index (χ3n) is 4.25. The molecule has 1 atom stereocenters. The number of ether oxygens (including phenoxy) is 1. The second-order valence-corrected chi connectivity index (χ2v) is 6.48. The van der Waals surface area contributed by atoms with Crippen molar-refractivity contribution in [1.29, 1.82) is 0 Å². The normalized spacial score (nSPS) is 12.1. The number of aliphatic hydroxyl groups is 1. The lowest BCUT2D eigenvalue weighted by Crippen LogP contribution is -2.34. The van der Waals surface area contributed by atoms with Crippen molar-refractivity contribution in [3.8, 4) is 5.75 Å². The number of carbonyl (C=O) groups is 1. The van der Waals surface area contributed by atoms with Crippen molar-refractivity contribution in [2.24, 2.45) is 5.73 Å². The zero-order valence-corrected chi connectivity index (χ0v) is 15.2. The molecule has 0 unspecified atom stereocenters. The van der Waals surface area contributed by atoms with Crippen LogP contribution in [-0.2, 0) is 6.54 Å².